The van der Waals surface area contributed by atoms with Crippen molar-refractivity contribution in [3.63, 3.8) is 0 Å². The van der Waals surface area contributed by atoms with E-state index in [0.717, 1.165) is 12.5 Å². The highest BCUT2D eigenvalue weighted by atomic mass is 127. The van der Waals surface area contributed by atoms with Gasteiger partial charge in [-0.1, -0.05) is 30.3 Å². The van der Waals surface area contributed by atoms with E-state index < -0.39 is 0 Å². The van der Waals surface area contributed by atoms with Gasteiger partial charge in [-0.25, -0.2) is 4.99 Å². The summed E-state index contributed by atoms with van der Waals surface area (Å²) < 4.78 is 0. The summed E-state index contributed by atoms with van der Waals surface area (Å²) in [6.07, 6.45) is 1.23. The molecule has 0 amide bonds. The summed E-state index contributed by atoms with van der Waals surface area (Å²) in [5.41, 5.74) is 1.48. The van der Waals surface area contributed by atoms with E-state index in [9.17, 15) is 0 Å². The Morgan fingerprint density at radius 3 is 2.43 bits per heavy atom. The summed E-state index contributed by atoms with van der Waals surface area (Å²) in [4.78, 5) is 9.18. The first-order valence-electron chi connectivity index (χ1n) is 7.78. The molecule has 0 radical (unpaired) electrons. The van der Waals surface area contributed by atoms with E-state index in [-0.39, 0.29) is 29.5 Å². The van der Waals surface area contributed by atoms with Gasteiger partial charge in [-0.15, -0.1) is 24.0 Å². The first-order valence-corrected chi connectivity index (χ1v) is 8.94. The van der Waals surface area contributed by atoms with E-state index in [0.29, 0.717) is 6.54 Å². The molecule has 1 N–H and O–H groups in total. The minimum absolute atomic E-state index is 0. The van der Waals surface area contributed by atoms with Crippen molar-refractivity contribution in [2.45, 2.75) is 18.5 Å². The van der Waals surface area contributed by atoms with Gasteiger partial charge in [0, 0.05) is 31.9 Å². The van der Waals surface area contributed by atoms with E-state index in [1.165, 1.54) is 23.5 Å². The maximum Gasteiger partial charge on any atom is 0.193 e. The fraction of sp³-hybridized carbons (Fsp3) is 0.588. The molecule has 1 atom stereocenters. The number of likely N-dealkylation sites (N-methyl/N-ethyl adjacent to an activating group) is 1. The fourth-order valence-corrected chi connectivity index (χ4v) is 4.15. The van der Waals surface area contributed by atoms with Gasteiger partial charge in [-0.05, 0) is 31.8 Å². The van der Waals surface area contributed by atoms with Crippen LogP contribution in [0.2, 0.25) is 0 Å². The van der Waals surface area contributed by atoms with E-state index in [1.54, 1.807) is 0 Å². The highest BCUT2D eigenvalue weighted by Crippen LogP contribution is 2.31. The van der Waals surface area contributed by atoms with Crippen molar-refractivity contribution in [1.82, 2.24) is 15.1 Å². The molecular formula is C17H29IN4S. The second-order valence-corrected chi connectivity index (χ2v) is 7.40. The molecule has 0 spiro atoms. The first kappa shape index (κ1) is 20.6. The third kappa shape index (κ3) is 5.83. The number of nitrogens with one attached hydrogen (secondary N) is 1. The summed E-state index contributed by atoms with van der Waals surface area (Å²) in [5, 5.41) is 3.57. The number of guanidine groups is 1. The van der Waals surface area contributed by atoms with Gasteiger partial charge in [0.05, 0.1) is 6.54 Å². The molecule has 23 heavy (non-hydrogen) atoms. The molecule has 1 aliphatic heterocycles. The van der Waals surface area contributed by atoms with Gasteiger partial charge in [0.2, 0.25) is 0 Å². The number of benzene rings is 1. The predicted octanol–water partition coefficient (Wildman–Crippen LogP) is 2.75. The maximum atomic E-state index is 4.75. The van der Waals surface area contributed by atoms with Gasteiger partial charge < -0.3 is 15.1 Å². The van der Waals surface area contributed by atoms with Crippen molar-refractivity contribution in [3.05, 3.63) is 35.9 Å². The van der Waals surface area contributed by atoms with Crippen LogP contribution in [-0.4, -0.2) is 67.5 Å². The average molecular weight is 448 g/mol. The monoisotopic (exact) mass is 448 g/mol. The van der Waals surface area contributed by atoms with Crippen molar-refractivity contribution in [2.75, 3.05) is 46.2 Å². The number of thioether (sulfide) groups is 1. The first-order chi connectivity index (χ1) is 10.5. The summed E-state index contributed by atoms with van der Waals surface area (Å²) in [5.74, 6) is 3.40. The molecule has 1 aromatic rings. The zero-order valence-corrected chi connectivity index (χ0v) is 17.7. The van der Waals surface area contributed by atoms with Crippen LogP contribution in [0.15, 0.2) is 35.3 Å². The zero-order chi connectivity index (χ0) is 16.0. The minimum Gasteiger partial charge on any atom is -0.354 e. The number of aliphatic imine (C=N–C) groups is 1. The van der Waals surface area contributed by atoms with Gasteiger partial charge >= 0.3 is 0 Å². The van der Waals surface area contributed by atoms with E-state index in [2.05, 4.69) is 53.5 Å². The molecular weight excluding hydrogens is 419 g/mol. The topological polar surface area (TPSA) is 30.9 Å². The standard InChI is InChI=1S/C17H28N4S.HI/c1-20(2)16(18-12-15-8-6-5-7-9-15)19-13-17(21(3)4)10-11-22-14-17;/h5-9H,10-14H2,1-4H3,(H,18,19);1H. The largest absolute Gasteiger partial charge is 0.354 e. The average Bonchev–Trinajstić information content (AvgIpc) is 2.98. The van der Waals surface area contributed by atoms with E-state index in [4.69, 9.17) is 4.99 Å². The van der Waals surface area contributed by atoms with Crippen LogP contribution in [0, 0.1) is 0 Å². The lowest BCUT2D eigenvalue weighted by molar-refractivity contribution is 0.182. The molecule has 6 heteroatoms. The number of hydrogen-bond donors (Lipinski definition) is 1. The lowest BCUT2D eigenvalue weighted by Gasteiger charge is -2.36. The van der Waals surface area contributed by atoms with Crippen molar-refractivity contribution < 1.29 is 0 Å². The Balaban J connectivity index is 0.00000264. The van der Waals surface area contributed by atoms with Crippen LogP contribution in [0.25, 0.3) is 0 Å². The van der Waals surface area contributed by atoms with E-state index >= 15 is 0 Å². The summed E-state index contributed by atoms with van der Waals surface area (Å²) in [6, 6.07) is 10.4. The molecule has 1 unspecified atom stereocenters. The Morgan fingerprint density at radius 1 is 1.22 bits per heavy atom. The molecule has 1 aliphatic rings. The highest BCUT2D eigenvalue weighted by Gasteiger charge is 2.36. The molecule has 130 valence electrons. The number of rotatable bonds is 5. The van der Waals surface area contributed by atoms with Crippen molar-refractivity contribution in [3.8, 4) is 0 Å². The van der Waals surface area contributed by atoms with Crippen molar-refractivity contribution in [1.29, 1.82) is 0 Å². The summed E-state index contributed by atoms with van der Waals surface area (Å²) in [7, 11) is 8.46. The Labute approximate surface area is 162 Å². The molecule has 2 rings (SSSR count). The molecule has 0 aliphatic carbocycles. The van der Waals surface area contributed by atoms with Crippen molar-refractivity contribution in [2.24, 2.45) is 4.99 Å². The zero-order valence-electron chi connectivity index (χ0n) is 14.6. The SMILES string of the molecule is CN(C)C(=NCc1ccccc1)NCC1(N(C)C)CCSC1.I. The van der Waals surface area contributed by atoms with Gasteiger partial charge in [0.25, 0.3) is 0 Å². The Bertz CT molecular complexity index is 485. The van der Waals surface area contributed by atoms with Crippen LogP contribution in [0.3, 0.4) is 0 Å². The Morgan fingerprint density at radius 2 is 1.91 bits per heavy atom. The van der Waals surface area contributed by atoms with Crippen LogP contribution in [0.1, 0.15) is 12.0 Å². The molecule has 1 saturated heterocycles. The van der Waals surface area contributed by atoms with Crippen molar-refractivity contribution >= 4 is 41.7 Å². The Hall–Kier alpha value is -0.470. The van der Waals surface area contributed by atoms with Gasteiger partial charge in [-0.2, -0.15) is 11.8 Å². The fourth-order valence-electron chi connectivity index (χ4n) is 2.60. The van der Waals surface area contributed by atoms with Gasteiger partial charge in [0.1, 0.15) is 0 Å². The van der Waals surface area contributed by atoms with E-state index in [1.807, 2.05) is 31.9 Å². The van der Waals surface area contributed by atoms with Crippen LogP contribution >= 0.6 is 35.7 Å². The van der Waals surface area contributed by atoms with Crippen LogP contribution in [0.5, 0.6) is 0 Å². The number of nitrogens with zero attached hydrogens (tertiary/aromatic N) is 3. The predicted molar refractivity (Wildman–Crippen MR) is 113 cm³/mol. The second-order valence-electron chi connectivity index (χ2n) is 6.29. The molecule has 1 heterocycles. The highest BCUT2D eigenvalue weighted by molar-refractivity contribution is 14.0. The smallest absolute Gasteiger partial charge is 0.193 e. The normalized spacial score (nSPS) is 21.2. The summed E-state index contributed by atoms with van der Waals surface area (Å²) in [6.45, 7) is 1.66. The molecule has 4 nitrogen and oxygen atoms in total. The Kier molecular flexibility index (Phi) is 8.71. The third-order valence-electron chi connectivity index (χ3n) is 4.28. The minimum atomic E-state index is 0. The second kappa shape index (κ2) is 9.74. The quantitative estimate of drug-likeness (QED) is 0.427. The van der Waals surface area contributed by atoms with Gasteiger partial charge in [-0.3, -0.25) is 0 Å². The molecule has 0 saturated carbocycles. The third-order valence-corrected chi connectivity index (χ3v) is 5.52. The number of hydrogen-bond acceptors (Lipinski definition) is 3. The molecule has 0 bridgehead atoms. The molecule has 1 aromatic carbocycles. The number of halogens is 1. The van der Waals surface area contributed by atoms with Crippen LogP contribution < -0.4 is 5.32 Å². The lowest BCUT2D eigenvalue weighted by Crippen LogP contribution is -2.54. The summed E-state index contributed by atoms with van der Waals surface area (Å²) >= 11 is 2.04. The lowest BCUT2D eigenvalue weighted by atomic mass is 9.97. The molecule has 1 fully saturated rings. The maximum absolute atomic E-state index is 4.75. The van der Waals surface area contributed by atoms with Gasteiger partial charge in [0.15, 0.2) is 5.96 Å². The van der Waals surface area contributed by atoms with Crippen LogP contribution in [0.4, 0.5) is 0 Å². The van der Waals surface area contributed by atoms with Crippen LogP contribution in [-0.2, 0) is 6.54 Å². The molecule has 0 aromatic heterocycles.